The molecular formula is C15H19ClN4O. The monoisotopic (exact) mass is 306 g/mol. The molecule has 1 heterocycles. The summed E-state index contributed by atoms with van der Waals surface area (Å²) >= 11 is 5.78. The van der Waals surface area contributed by atoms with Crippen molar-refractivity contribution >= 4 is 23.3 Å². The van der Waals surface area contributed by atoms with Gasteiger partial charge < -0.3 is 15.2 Å². The topological polar surface area (TPSA) is 59.0 Å². The number of unbranched alkanes of at least 4 members (excludes halogenated alkanes) is 1. The van der Waals surface area contributed by atoms with Gasteiger partial charge in [-0.1, -0.05) is 11.6 Å². The molecule has 5 nitrogen and oxygen atoms in total. The lowest BCUT2D eigenvalue weighted by Gasteiger charge is -2.08. The largest absolute Gasteiger partial charge is 0.338 e. The standard InChI is InChI=1S/C15H19ClN4O/c1-12-10-20(11-18-12)9-3-2-8-17-15(21)19-14-6-4-13(16)5-7-14/h4-7,10-11H,2-3,8-9H2,1H3,(H2,17,19,21). The molecule has 21 heavy (non-hydrogen) atoms. The Balaban J connectivity index is 1.60. The predicted octanol–water partition coefficient (Wildman–Crippen LogP) is 3.45. The van der Waals surface area contributed by atoms with E-state index >= 15 is 0 Å². The summed E-state index contributed by atoms with van der Waals surface area (Å²) in [6.07, 6.45) is 5.76. The van der Waals surface area contributed by atoms with Crippen LogP contribution < -0.4 is 10.6 Å². The summed E-state index contributed by atoms with van der Waals surface area (Å²) in [7, 11) is 0. The van der Waals surface area contributed by atoms with E-state index in [0.717, 1.165) is 30.8 Å². The van der Waals surface area contributed by atoms with Crippen LogP contribution in [0.2, 0.25) is 5.02 Å². The van der Waals surface area contributed by atoms with E-state index in [9.17, 15) is 4.79 Å². The minimum atomic E-state index is -0.198. The molecule has 2 rings (SSSR count). The van der Waals surface area contributed by atoms with Crippen LogP contribution in [0.1, 0.15) is 18.5 Å². The van der Waals surface area contributed by atoms with Crippen LogP contribution in [0.5, 0.6) is 0 Å². The Hall–Kier alpha value is -2.01. The SMILES string of the molecule is Cc1cn(CCCCNC(=O)Nc2ccc(Cl)cc2)cn1. The van der Waals surface area contributed by atoms with Crippen molar-refractivity contribution in [2.75, 3.05) is 11.9 Å². The highest BCUT2D eigenvalue weighted by Gasteiger charge is 2.01. The molecule has 0 aliphatic heterocycles. The van der Waals surface area contributed by atoms with Gasteiger partial charge in [0.1, 0.15) is 0 Å². The number of rotatable bonds is 6. The number of aromatic nitrogens is 2. The molecular weight excluding hydrogens is 288 g/mol. The number of halogens is 1. The first kappa shape index (κ1) is 15.4. The third kappa shape index (κ3) is 5.47. The maximum atomic E-state index is 11.7. The summed E-state index contributed by atoms with van der Waals surface area (Å²) in [6.45, 7) is 3.54. The average Bonchev–Trinajstić information content (AvgIpc) is 2.87. The Kier molecular flexibility index (Phi) is 5.63. The Morgan fingerprint density at radius 1 is 1.29 bits per heavy atom. The molecule has 0 unspecified atom stereocenters. The molecule has 0 saturated carbocycles. The first-order chi connectivity index (χ1) is 10.1. The van der Waals surface area contributed by atoms with Gasteiger partial charge in [-0.2, -0.15) is 0 Å². The van der Waals surface area contributed by atoms with Gasteiger partial charge in [0.25, 0.3) is 0 Å². The first-order valence-corrected chi connectivity index (χ1v) is 7.30. The number of hydrogen-bond donors (Lipinski definition) is 2. The summed E-state index contributed by atoms with van der Waals surface area (Å²) in [6, 6.07) is 6.82. The zero-order valence-electron chi connectivity index (χ0n) is 12.0. The van der Waals surface area contributed by atoms with E-state index in [4.69, 9.17) is 11.6 Å². The molecule has 0 aliphatic rings. The van der Waals surface area contributed by atoms with Crippen LogP contribution in [0, 0.1) is 6.92 Å². The fourth-order valence-corrected chi connectivity index (χ4v) is 2.05. The van der Waals surface area contributed by atoms with Crippen molar-refractivity contribution < 1.29 is 4.79 Å². The molecule has 0 atom stereocenters. The van der Waals surface area contributed by atoms with E-state index in [1.165, 1.54) is 0 Å². The van der Waals surface area contributed by atoms with E-state index in [0.29, 0.717) is 11.6 Å². The number of aryl methyl sites for hydroxylation is 2. The van der Waals surface area contributed by atoms with Crippen LogP contribution in [-0.4, -0.2) is 22.1 Å². The number of benzene rings is 1. The van der Waals surface area contributed by atoms with Gasteiger partial charge in [0.15, 0.2) is 0 Å². The van der Waals surface area contributed by atoms with Gasteiger partial charge in [-0.3, -0.25) is 0 Å². The maximum Gasteiger partial charge on any atom is 0.319 e. The summed E-state index contributed by atoms with van der Waals surface area (Å²) in [4.78, 5) is 15.8. The van der Waals surface area contributed by atoms with Crippen molar-refractivity contribution in [2.24, 2.45) is 0 Å². The van der Waals surface area contributed by atoms with E-state index in [1.807, 2.05) is 19.4 Å². The highest BCUT2D eigenvalue weighted by atomic mass is 35.5. The molecule has 2 amide bonds. The summed E-state index contributed by atoms with van der Waals surface area (Å²) in [5.41, 5.74) is 1.75. The number of nitrogens with zero attached hydrogens (tertiary/aromatic N) is 2. The van der Waals surface area contributed by atoms with Gasteiger partial charge in [0.05, 0.1) is 12.0 Å². The van der Waals surface area contributed by atoms with E-state index in [-0.39, 0.29) is 6.03 Å². The molecule has 0 spiro atoms. The Bertz CT molecular complexity index is 580. The van der Waals surface area contributed by atoms with Gasteiger partial charge >= 0.3 is 6.03 Å². The lowest BCUT2D eigenvalue weighted by atomic mass is 10.3. The second-order valence-corrected chi connectivity index (χ2v) is 5.28. The Labute approximate surface area is 129 Å². The minimum Gasteiger partial charge on any atom is -0.338 e. The number of hydrogen-bond acceptors (Lipinski definition) is 2. The second-order valence-electron chi connectivity index (χ2n) is 4.85. The van der Waals surface area contributed by atoms with Crippen molar-refractivity contribution in [3.63, 3.8) is 0 Å². The molecule has 0 aliphatic carbocycles. The highest BCUT2D eigenvalue weighted by molar-refractivity contribution is 6.30. The molecule has 0 saturated heterocycles. The lowest BCUT2D eigenvalue weighted by Crippen LogP contribution is -2.29. The van der Waals surface area contributed by atoms with Crippen molar-refractivity contribution in [1.29, 1.82) is 0 Å². The molecule has 1 aromatic carbocycles. The fourth-order valence-electron chi connectivity index (χ4n) is 1.92. The molecule has 2 aromatic rings. The number of carbonyl (C=O) groups excluding carboxylic acids is 1. The van der Waals surface area contributed by atoms with Gasteiger partial charge in [-0.05, 0) is 44.0 Å². The van der Waals surface area contributed by atoms with Crippen LogP contribution in [0.15, 0.2) is 36.8 Å². The zero-order valence-corrected chi connectivity index (χ0v) is 12.7. The van der Waals surface area contributed by atoms with Crippen molar-refractivity contribution in [3.05, 3.63) is 47.5 Å². The van der Waals surface area contributed by atoms with Crippen LogP contribution >= 0.6 is 11.6 Å². The normalized spacial score (nSPS) is 10.4. The van der Waals surface area contributed by atoms with Gasteiger partial charge in [0.2, 0.25) is 0 Å². The third-order valence-corrected chi connectivity index (χ3v) is 3.25. The maximum absolute atomic E-state index is 11.7. The van der Waals surface area contributed by atoms with Crippen molar-refractivity contribution in [2.45, 2.75) is 26.3 Å². The fraction of sp³-hybridized carbons (Fsp3) is 0.333. The molecule has 0 bridgehead atoms. The van der Waals surface area contributed by atoms with E-state index in [1.54, 1.807) is 24.3 Å². The van der Waals surface area contributed by atoms with Crippen LogP contribution in [-0.2, 0) is 6.54 Å². The lowest BCUT2D eigenvalue weighted by molar-refractivity contribution is 0.252. The highest BCUT2D eigenvalue weighted by Crippen LogP contribution is 2.12. The number of nitrogens with one attached hydrogen (secondary N) is 2. The van der Waals surface area contributed by atoms with Crippen molar-refractivity contribution in [1.82, 2.24) is 14.9 Å². The average molecular weight is 307 g/mol. The number of anilines is 1. The smallest absolute Gasteiger partial charge is 0.319 e. The second kappa shape index (κ2) is 7.69. The van der Waals surface area contributed by atoms with E-state index < -0.39 is 0 Å². The summed E-state index contributed by atoms with van der Waals surface area (Å²) in [5.74, 6) is 0. The molecule has 0 radical (unpaired) electrons. The number of imidazole rings is 1. The molecule has 0 fully saturated rings. The number of amides is 2. The molecule has 6 heteroatoms. The molecule has 2 N–H and O–H groups in total. The Morgan fingerprint density at radius 3 is 2.71 bits per heavy atom. The Morgan fingerprint density at radius 2 is 2.05 bits per heavy atom. The summed E-state index contributed by atoms with van der Waals surface area (Å²) in [5, 5.41) is 6.24. The zero-order chi connectivity index (χ0) is 15.1. The molecule has 1 aromatic heterocycles. The van der Waals surface area contributed by atoms with Crippen LogP contribution in [0.3, 0.4) is 0 Å². The quantitative estimate of drug-likeness (QED) is 0.803. The summed E-state index contributed by atoms with van der Waals surface area (Å²) < 4.78 is 2.06. The van der Waals surface area contributed by atoms with Gasteiger partial charge in [-0.25, -0.2) is 9.78 Å². The minimum absolute atomic E-state index is 0.198. The van der Waals surface area contributed by atoms with Crippen LogP contribution in [0.25, 0.3) is 0 Å². The van der Waals surface area contributed by atoms with Gasteiger partial charge in [-0.15, -0.1) is 0 Å². The van der Waals surface area contributed by atoms with E-state index in [2.05, 4.69) is 20.2 Å². The van der Waals surface area contributed by atoms with Gasteiger partial charge in [0, 0.05) is 30.0 Å². The third-order valence-electron chi connectivity index (χ3n) is 2.99. The van der Waals surface area contributed by atoms with Crippen LogP contribution in [0.4, 0.5) is 10.5 Å². The van der Waals surface area contributed by atoms with Crippen molar-refractivity contribution in [3.8, 4) is 0 Å². The molecule has 112 valence electrons. The first-order valence-electron chi connectivity index (χ1n) is 6.92. The number of urea groups is 1. The number of carbonyl (C=O) groups is 1. The predicted molar refractivity (Wildman–Crippen MR) is 84.7 cm³/mol.